The molecule has 2 aromatic carbocycles. The van der Waals surface area contributed by atoms with Crippen molar-refractivity contribution in [2.24, 2.45) is 0 Å². The lowest BCUT2D eigenvalue weighted by Crippen LogP contribution is -2.16. The first-order valence-electron chi connectivity index (χ1n) is 8.59. The van der Waals surface area contributed by atoms with Gasteiger partial charge in [-0.05, 0) is 72.9 Å². The minimum atomic E-state index is -0.00502. The smallest absolute Gasteiger partial charge is 0.255 e. The first kappa shape index (κ1) is 15.8. The second-order valence-corrected chi connectivity index (χ2v) is 6.84. The van der Waals surface area contributed by atoms with Gasteiger partial charge in [-0.3, -0.25) is 4.79 Å². The molecule has 0 aliphatic heterocycles. The van der Waals surface area contributed by atoms with E-state index in [-0.39, 0.29) is 5.91 Å². The Balaban J connectivity index is 1.88. The largest absolute Gasteiger partial charge is 0.321 e. The minimum Gasteiger partial charge on any atom is -0.321 e. The van der Waals surface area contributed by atoms with Crippen LogP contribution in [0.1, 0.15) is 65.2 Å². The van der Waals surface area contributed by atoms with Crippen molar-refractivity contribution in [1.29, 1.82) is 0 Å². The number of hydrogen-bond donors (Lipinski definition) is 1. The number of rotatable bonds is 3. The molecular weight excluding hydrogens is 282 g/mol. The number of carbonyl (C=O) groups is 1. The van der Waals surface area contributed by atoms with E-state index >= 15 is 0 Å². The monoisotopic (exact) mass is 307 g/mol. The van der Waals surface area contributed by atoms with Gasteiger partial charge in [-0.25, -0.2) is 0 Å². The molecule has 0 fully saturated rings. The first-order valence-corrected chi connectivity index (χ1v) is 8.59. The molecule has 1 aliphatic carbocycles. The molecule has 0 saturated heterocycles. The van der Waals surface area contributed by atoms with Crippen LogP contribution in [0, 0.1) is 6.92 Å². The van der Waals surface area contributed by atoms with Crippen molar-refractivity contribution >= 4 is 11.6 Å². The summed E-state index contributed by atoms with van der Waals surface area (Å²) in [6, 6.07) is 12.4. The highest BCUT2D eigenvalue weighted by molar-refractivity contribution is 6.05. The molecule has 0 atom stereocenters. The number of anilines is 1. The average Bonchev–Trinajstić information content (AvgIpc) is 2.56. The Morgan fingerprint density at radius 3 is 2.52 bits per heavy atom. The molecule has 2 nitrogen and oxygen atoms in total. The molecule has 1 amide bonds. The zero-order valence-electron chi connectivity index (χ0n) is 14.3. The number of fused-ring (bicyclic) bond motifs is 1. The molecule has 23 heavy (non-hydrogen) atoms. The lowest BCUT2D eigenvalue weighted by molar-refractivity contribution is 0.102. The number of benzene rings is 2. The summed E-state index contributed by atoms with van der Waals surface area (Å²) in [6.07, 6.45) is 4.73. The Morgan fingerprint density at radius 2 is 1.78 bits per heavy atom. The number of para-hydroxylation sites is 1. The van der Waals surface area contributed by atoms with Gasteiger partial charge in [-0.15, -0.1) is 0 Å². The maximum Gasteiger partial charge on any atom is 0.255 e. The van der Waals surface area contributed by atoms with Gasteiger partial charge in [0.2, 0.25) is 0 Å². The SMILES string of the molecule is Cc1cccc(C(C)C)c1NC(=O)c1ccc2c(c1)CCCC2. The molecule has 0 unspecified atom stereocenters. The van der Waals surface area contributed by atoms with Crippen LogP contribution in [0.5, 0.6) is 0 Å². The van der Waals surface area contributed by atoms with E-state index in [1.165, 1.54) is 29.5 Å². The van der Waals surface area contributed by atoms with Crippen LogP contribution in [0.25, 0.3) is 0 Å². The topological polar surface area (TPSA) is 29.1 Å². The summed E-state index contributed by atoms with van der Waals surface area (Å²) in [4.78, 5) is 12.7. The fourth-order valence-electron chi connectivity index (χ4n) is 3.40. The van der Waals surface area contributed by atoms with E-state index in [4.69, 9.17) is 0 Å². The normalized spacial score (nSPS) is 13.7. The molecule has 1 N–H and O–H groups in total. The van der Waals surface area contributed by atoms with Crippen molar-refractivity contribution in [3.05, 3.63) is 64.2 Å². The van der Waals surface area contributed by atoms with Crippen molar-refractivity contribution in [1.82, 2.24) is 0 Å². The molecule has 2 heteroatoms. The Kier molecular flexibility index (Phi) is 4.51. The number of nitrogens with one attached hydrogen (secondary N) is 1. The van der Waals surface area contributed by atoms with Crippen LogP contribution >= 0.6 is 0 Å². The van der Waals surface area contributed by atoms with Crippen LogP contribution in [0.15, 0.2) is 36.4 Å². The van der Waals surface area contributed by atoms with Crippen LogP contribution in [0.2, 0.25) is 0 Å². The third-order valence-electron chi connectivity index (χ3n) is 4.78. The van der Waals surface area contributed by atoms with E-state index < -0.39 is 0 Å². The van der Waals surface area contributed by atoms with Gasteiger partial charge < -0.3 is 5.32 Å². The minimum absolute atomic E-state index is 0.00502. The van der Waals surface area contributed by atoms with Crippen molar-refractivity contribution < 1.29 is 4.79 Å². The first-order chi connectivity index (χ1) is 11.1. The van der Waals surface area contributed by atoms with Gasteiger partial charge >= 0.3 is 0 Å². The highest BCUT2D eigenvalue weighted by Gasteiger charge is 2.16. The van der Waals surface area contributed by atoms with Crippen LogP contribution in [0.3, 0.4) is 0 Å². The quantitative estimate of drug-likeness (QED) is 0.824. The molecule has 2 aromatic rings. The summed E-state index contributed by atoms with van der Waals surface area (Å²) in [5.74, 6) is 0.378. The summed E-state index contributed by atoms with van der Waals surface area (Å²) in [7, 11) is 0. The fourth-order valence-corrected chi connectivity index (χ4v) is 3.40. The standard InChI is InChI=1S/C21H25NO/c1-14(2)19-10-6-7-15(3)20(19)22-21(23)18-12-11-16-8-4-5-9-17(16)13-18/h6-7,10-14H,4-5,8-9H2,1-3H3,(H,22,23). The molecule has 0 radical (unpaired) electrons. The van der Waals surface area contributed by atoms with Gasteiger partial charge in [-0.1, -0.05) is 38.1 Å². The van der Waals surface area contributed by atoms with E-state index in [0.717, 1.165) is 29.7 Å². The van der Waals surface area contributed by atoms with Gasteiger partial charge in [-0.2, -0.15) is 0 Å². The highest BCUT2D eigenvalue weighted by atomic mass is 16.1. The van der Waals surface area contributed by atoms with Gasteiger partial charge in [0.05, 0.1) is 0 Å². The fraction of sp³-hybridized carbons (Fsp3) is 0.381. The summed E-state index contributed by atoms with van der Waals surface area (Å²) in [5, 5.41) is 3.14. The van der Waals surface area contributed by atoms with Gasteiger partial charge in [0.1, 0.15) is 0 Å². The highest BCUT2D eigenvalue weighted by Crippen LogP contribution is 2.28. The van der Waals surface area contributed by atoms with Crippen LogP contribution in [-0.2, 0) is 12.8 Å². The predicted octanol–water partition coefficient (Wildman–Crippen LogP) is 5.25. The van der Waals surface area contributed by atoms with Crippen LogP contribution < -0.4 is 5.32 Å². The number of amides is 1. The van der Waals surface area contributed by atoms with Gasteiger partial charge in [0, 0.05) is 11.3 Å². The lowest BCUT2D eigenvalue weighted by atomic mass is 9.90. The van der Waals surface area contributed by atoms with E-state index in [2.05, 4.69) is 43.4 Å². The van der Waals surface area contributed by atoms with Gasteiger partial charge in [0.15, 0.2) is 0 Å². The van der Waals surface area contributed by atoms with Crippen molar-refractivity contribution in [2.45, 2.75) is 52.4 Å². The Morgan fingerprint density at radius 1 is 1.04 bits per heavy atom. The second kappa shape index (κ2) is 6.57. The second-order valence-electron chi connectivity index (χ2n) is 6.84. The van der Waals surface area contributed by atoms with Gasteiger partial charge in [0.25, 0.3) is 5.91 Å². The third kappa shape index (κ3) is 3.31. The third-order valence-corrected chi connectivity index (χ3v) is 4.78. The molecule has 120 valence electrons. The number of hydrogen-bond acceptors (Lipinski definition) is 1. The molecule has 0 heterocycles. The van der Waals surface area contributed by atoms with E-state index in [0.29, 0.717) is 5.92 Å². The number of carbonyl (C=O) groups excluding carboxylic acids is 1. The lowest BCUT2D eigenvalue weighted by Gasteiger charge is -2.18. The molecular formula is C21H25NO. The summed E-state index contributed by atoms with van der Waals surface area (Å²) in [6.45, 7) is 6.36. The molecule has 0 spiro atoms. The predicted molar refractivity (Wildman–Crippen MR) is 96.3 cm³/mol. The summed E-state index contributed by atoms with van der Waals surface area (Å²) < 4.78 is 0. The maximum atomic E-state index is 12.7. The van der Waals surface area contributed by atoms with E-state index in [9.17, 15) is 4.79 Å². The Labute approximate surface area is 138 Å². The van der Waals surface area contributed by atoms with E-state index in [1.807, 2.05) is 19.1 Å². The summed E-state index contributed by atoms with van der Waals surface area (Å²) >= 11 is 0. The van der Waals surface area contributed by atoms with Crippen LogP contribution in [-0.4, -0.2) is 5.91 Å². The van der Waals surface area contributed by atoms with Crippen molar-refractivity contribution in [2.75, 3.05) is 5.32 Å². The zero-order valence-corrected chi connectivity index (χ0v) is 14.3. The number of aryl methyl sites for hydroxylation is 3. The summed E-state index contributed by atoms with van der Waals surface area (Å²) in [5.41, 5.74) is 6.79. The van der Waals surface area contributed by atoms with E-state index in [1.54, 1.807) is 0 Å². The van der Waals surface area contributed by atoms with Crippen molar-refractivity contribution in [3.8, 4) is 0 Å². The molecule has 0 aromatic heterocycles. The molecule has 0 bridgehead atoms. The maximum absolute atomic E-state index is 12.7. The molecule has 3 rings (SSSR count). The Hall–Kier alpha value is -2.09. The van der Waals surface area contributed by atoms with Crippen LogP contribution in [0.4, 0.5) is 5.69 Å². The average molecular weight is 307 g/mol. The van der Waals surface area contributed by atoms with Crippen molar-refractivity contribution in [3.63, 3.8) is 0 Å². The molecule has 0 saturated carbocycles. The zero-order chi connectivity index (χ0) is 16.4. The Bertz CT molecular complexity index is 731. The molecule has 1 aliphatic rings.